The molecule has 2 aromatic carbocycles. The van der Waals surface area contributed by atoms with Crippen LogP contribution in [0.3, 0.4) is 0 Å². The number of hydrogen-bond acceptors (Lipinski definition) is 3. The smallest absolute Gasteiger partial charge is 0.272 e. The van der Waals surface area contributed by atoms with E-state index < -0.39 is 23.0 Å². The Morgan fingerprint density at radius 1 is 1.04 bits per heavy atom. The van der Waals surface area contributed by atoms with Crippen LogP contribution in [0.1, 0.15) is 5.56 Å². The SMILES string of the molecule is Cc1ccc(N2C(=O)C(=Nc3ccc(F)cc3)C(Cl)C2=O)cc1. The van der Waals surface area contributed by atoms with Crippen molar-refractivity contribution in [3.05, 3.63) is 59.9 Å². The Morgan fingerprint density at radius 3 is 2.26 bits per heavy atom. The molecule has 0 saturated carbocycles. The van der Waals surface area contributed by atoms with E-state index in [1.807, 2.05) is 6.92 Å². The Kier molecular flexibility index (Phi) is 3.96. The van der Waals surface area contributed by atoms with Crippen molar-refractivity contribution in [2.45, 2.75) is 12.3 Å². The quantitative estimate of drug-likeness (QED) is 0.626. The van der Waals surface area contributed by atoms with Crippen LogP contribution in [0, 0.1) is 12.7 Å². The Labute approximate surface area is 137 Å². The number of hydrogen-bond donors (Lipinski definition) is 0. The highest BCUT2D eigenvalue weighted by atomic mass is 35.5. The molecule has 0 bridgehead atoms. The molecule has 0 spiro atoms. The molecule has 6 heteroatoms. The van der Waals surface area contributed by atoms with Gasteiger partial charge in [0.05, 0.1) is 11.4 Å². The molecule has 1 atom stereocenters. The van der Waals surface area contributed by atoms with Crippen molar-refractivity contribution >= 4 is 40.5 Å². The summed E-state index contributed by atoms with van der Waals surface area (Å²) in [5.41, 5.74) is 1.75. The average Bonchev–Trinajstić information content (AvgIpc) is 2.74. The Balaban J connectivity index is 1.97. The summed E-state index contributed by atoms with van der Waals surface area (Å²) in [5, 5.41) is -1.16. The fourth-order valence-electron chi connectivity index (χ4n) is 2.25. The zero-order valence-corrected chi connectivity index (χ0v) is 12.9. The molecule has 2 aromatic rings. The van der Waals surface area contributed by atoms with Crippen LogP contribution in [-0.4, -0.2) is 22.9 Å². The molecule has 2 amide bonds. The predicted octanol–water partition coefficient (Wildman–Crippen LogP) is 3.39. The Bertz CT molecular complexity index is 800. The molecule has 3 rings (SSSR count). The number of alkyl halides is 1. The molecule has 0 N–H and O–H groups in total. The van der Waals surface area contributed by atoms with Gasteiger partial charge in [-0.2, -0.15) is 0 Å². The number of aryl methyl sites for hydroxylation is 1. The number of carbonyl (C=O) groups is 2. The van der Waals surface area contributed by atoms with Crippen molar-refractivity contribution in [2.24, 2.45) is 4.99 Å². The third-order valence-electron chi connectivity index (χ3n) is 3.47. The number of nitrogens with zero attached hydrogens (tertiary/aromatic N) is 2. The van der Waals surface area contributed by atoms with Gasteiger partial charge in [0.25, 0.3) is 11.8 Å². The molecule has 116 valence electrons. The molecule has 1 unspecified atom stereocenters. The van der Waals surface area contributed by atoms with Gasteiger partial charge < -0.3 is 0 Å². The summed E-state index contributed by atoms with van der Waals surface area (Å²) in [6.45, 7) is 1.91. The number of aliphatic imine (C=N–C) groups is 1. The van der Waals surface area contributed by atoms with E-state index in [1.165, 1.54) is 24.3 Å². The van der Waals surface area contributed by atoms with E-state index in [1.54, 1.807) is 24.3 Å². The zero-order chi connectivity index (χ0) is 16.6. The molecule has 4 nitrogen and oxygen atoms in total. The van der Waals surface area contributed by atoms with Gasteiger partial charge in [-0.3, -0.25) is 9.59 Å². The van der Waals surface area contributed by atoms with Crippen molar-refractivity contribution in [2.75, 3.05) is 4.90 Å². The van der Waals surface area contributed by atoms with Crippen LogP contribution in [-0.2, 0) is 9.59 Å². The van der Waals surface area contributed by atoms with Crippen LogP contribution in [0.25, 0.3) is 0 Å². The molecule has 1 aliphatic heterocycles. The third kappa shape index (κ3) is 2.87. The van der Waals surface area contributed by atoms with Crippen LogP contribution < -0.4 is 4.90 Å². The van der Waals surface area contributed by atoms with Gasteiger partial charge in [-0.15, -0.1) is 11.6 Å². The fraction of sp³-hybridized carbons (Fsp3) is 0.118. The largest absolute Gasteiger partial charge is 0.281 e. The molecule has 0 aromatic heterocycles. The molecule has 1 saturated heterocycles. The second-order valence-electron chi connectivity index (χ2n) is 5.15. The maximum Gasteiger partial charge on any atom is 0.281 e. The second-order valence-corrected chi connectivity index (χ2v) is 5.59. The van der Waals surface area contributed by atoms with Crippen LogP contribution in [0.15, 0.2) is 53.5 Å². The van der Waals surface area contributed by atoms with Crippen molar-refractivity contribution in [3.8, 4) is 0 Å². The lowest BCUT2D eigenvalue weighted by molar-refractivity contribution is -0.120. The number of anilines is 1. The van der Waals surface area contributed by atoms with Gasteiger partial charge in [0.15, 0.2) is 5.38 Å². The number of benzene rings is 2. The number of rotatable bonds is 2. The van der Waals surface area contributed by atoms with Crippen molar-refractivity contribution in [3.63, 3.8) is 0 Å². The first-order valence-electron chi connectivity index (χ1n) is 6.90. The van der Waals surface area contributed by atoms with Crippen molar-refractivity contribution < 1.29 is 14.0 Å². The monoisotopic (exact) mass is 330 g/mol. The molecule has 1 heterocycles. The van der Waals surface area contributed by atoms with Gasteiger partial charge in [-0.1, -0.05) is 17.7 Å². The van der Waals surface area contributed by atoms with Gasteiger partial charge in [0, 0.05) is 0 Å². The predicted molar refractivity (Wildman–Crippen MR) is 86.8 cm³/mol. The fourth-order valence-corrected chi connectivity index (χ4v) is 2.49. The molecular formula is C17H12ClFN2O2. The molecule has 0 aliphatic carbocycles. The molecule has 0 radical (unpaired) electrons. The summed E-state index contributed by atoms with van der Waals surface area (Å²) >= 11 is 6.06. The van der Waals surface area contributed by atoms with E-state index >= 15 is 0 Å². The summed E-state index contributed by atoms with van der Waals surface area (Å²) in [6, 6.07) is 12.2. The van der Waals surface area contributed by atoms with E-state index in [4.69, 9.17) is 11.6 Å². The van der Waals surface area contributed by atoms with Crippen LogP contribution in [0.2, 0.25) is 0 Å². The lowest BCUT2D eigenvalue weighted by Gasteiger charge is -2.13. The van der Waals surface area contributed by atoms with Gasteiger partial charge in [-0.05, 0) is 43.3 Å². The van der Waals surface area contributed by atoms with E-state index in [-0.39, 0.29) is 5.71 Å². The maximum atomic E-state index is 12.9. The van der Waals surface area contributed by atoms with E-state index in [9.17, 15) is 14.0 Å². The number of halogens is 2. The van der Waals surface area contributed by atoms with E-state index in [0.717, 1.165) is 10.5 Å². The van der Waals surface area contributed by atoms with Gasteiger partial charge in [0.1, 0.15) is 11.5 Å². The standard InChI is InChI=1S/C17H12ClFN2O2/c1-10-2-8-13(9-3-10)21-16(22)14(18)15(17(21)23)20-12-6-4-11(19)5-7-12/h2-9,14H,1H3. The second kappa shape index (κ2) is 5.93. The molecular weight excluding hydrogens is 319 g/mol. The average molecular weight is 331 g/mol. The van der Waals surface area contributed by atoms with Crippen LogP contribution in [0.5, 0.6) is 0 Å². The van der Waals surface area contributed by atoms with Gasteiger partial charge in [0.2, 0.25) is 0 Å². The summed E-state index contributed by atoms with van der Waals surface area (Å²) in [6.07, 6.45) is 0. The first kappa shape index (κ1) is 15.4. The number of carbonyl (C=O) groups excluding carboxylic acids is 2. The highest BCUT2D eigenvalue weighted by Crippen LogP contribution is 2.26. The lowest BCUT2D eigenvalue weighted by atomic mass is 10.2. The van der Waals surface area contributed by atoms with E-state index in [2.05, 4.69) is 4.99 Å². The minimum Gasteiger partial charge on any atom is -0.272 e. The van der Waals surface area contributed by atoms with Gasteiger partial charge >= 0.3 is 0 Å². The first-order valence-corrected chi connectivity index (χ1v) is 7.34. The van der Waals surface area contributed by atoms with Crippen LogP contribution >= 0.6 is 11.6 Å². The Hall–Kier alpha value is -2.53. The van der Waals surface area contributed by atoms with Crippen molar-refractivity contribution in [1.82, 2.24) is 0 Å². The summed E-state index contributed by atoms with van der Waals surface area (Å²) < 4.78 is 12.9. The van der Waals surface area contributed by atoms with Gasteiger partial charge in [-0.25, -0.2) is 14.3 Å². The Morgan fingerprint density at radius 2 is 1.65 bits per heavy atom. The minimum atomic E-state index is -1.16. The lowest BCUT2D eigenvalue weighted by Crippen LogP contribution is -2.31. The third-order valence-corrected chi connectivity index (χ3v) is 3.86. The topological polar surface area (TPSA) is 49.7 Å². The molecule has 23 heavy (non-hydrogen) atoms. The van der Waals surface area contributed by atoms with Crippen LogP contribution in [0.4, 0.5) is 15.8 Å². The summed E-state index contributed by atoms with van der Waals surface area (Å²) in [7, 11) is 0. The highest BCUT2D eigenvalue weighted by Gasteiger charge is 2.44. The zero-order valence-electron chi connectivity index (χ0n) is 12.2. The highest BCUT2D eigenvalue weighted by molar-refractivity contribution is 6.68. The number of imide groups is 1. The minimum absolute atomic E-state index is 0.0659. The van der Waals surface area contributed by atoms with E-state index in [0.29, 0.717) is 11.4 Å². The molecule has 1 aliphatic rings. The molecule has 1 fully saturated rings. The van der Waals surface area contributed by atoms with Crippen molar-refractivity contribution in [1.29, 1.82) is 0 Å². The summed E-state index contributed by atoms with van der Waals surface area (Å²) in [5.74, 6) is -1.52. The number of amides is 2. The normalized spacial score (nSPS) is 19.7. The summed E-state index contributed by atoms with van der Waals surface area (Å²) in [4.78, 5) is 29.9. The maximum absolute atomic E-state index is 12.9. The first-order chi connectivity index (χ1) is 11.0.